The molecule has 3 unspecified atom stereocenters. The number of allylic oxidation sites excluding steroid dienone is 1. The van der Waals surface area contributed by atoms with Gasteiger partial charge < -0.3 is 5.11 Å². The Hall–Kier alpha value is -1.16. The number of hydrogen-bond acceptors (Lipinski definition) is 2. The SMILES string of the molecule is C=CC(C(C)C(O)c1ccsc1)[Si](C)(C)c1ccccc1. The lowest BCUT2D eigenvalue weighted by molar-refractivity contribution is 0.118. The van der Waals surface area contributed by atoms with E-state index in [9.17, 15) is 5.11 Å². The summed E-state index contributed by atoms with van der Waals surface area (Å²) in [6.45, 7) is 10.9. The number of aliphatic hydroxyl groups excluding tert-OH is 1. The van der Waals surface area contributed by atoms with Crippen LogP contribution in [0.15, 0.2) is 59.8 Å². The summed E-state index contributed by atoms with van der Waals surface area (Å²) in [5.41, 5.74) is 1.35. The van der Waals surface area contributed by atoms with Crippen molar-refractivity contribution in [1.82, 2.24) is 0 Å². The van der Waals surface area contributed by atoms with Crippen molar-refractivity contribution in [2.45, 2.75) is 31.7 Å². The predicted molar refractivity (Wildman–Crippen MR) is 95.9 cm³/mol. The summed E-state index contributed by atoms with van der Waals surface area (Å²) in [7, 11) is -1.72. The Bertz CT molecular complexity index is 562. The molecule has 0 aliphatic heterocycles. The molecule has 1 nitrogen and oxygen atoms in total. The summed E-state index contributed by atoms with van der Waals surface area (Å²) < 4.78 is 0. The van der Waals surface area contributed by atoms with Crippen LogP contribution in [0.25, 0.3) is 0 Å². The Morgan fingerprint density at radius 2 is 1.86 bits per heavy atom. The molecule has 3 atom stereocenters. The highest BCUT2D eigenvalue weighted by Crippen LogP contribution is 2.39. The fourth-order valence-corrected chi connectivity index (χ4v) is 7.38. The molecular formula is C18H24OSSi. The normalized spacial score (nSPS) is 16.2. The van der Waals surface area contributed by atoms with Crippen LogP contribution in [0.5, 0.6) is 0 Å². The lowest BCUT2D eigenvalue weighted by atomic mass is 9.96. The van der Waals surface area contributed by atoms with Gasteiger partial charge in [0.25, 0.3) is 0 Å². The molecule has 3 heteroatoms. The van der Waals surface area contributed by atoms with E-state index in [-0.39, 0.29) is 5.92 Å². The van der Waals surface area contributed by atoms with Gasteiger partial charge in [-0.15, -0.1) is 6.58 Å². The van der Waals surface area contributed by atoms with Crippen LogP contribution in [0.3, 0.4) is 0 Å². The van der Waals surface area contributed by atoms with Crippen LogP contribution in [0.2, 0.25) is 18.6 Å². The van der Waals surface area contributed by atoms with Crippen molar-refractivity contribution in [3.63, 3.8) is 0 Å². The molecule has 2 aromatic rings. The van der Waals surface area contributed by atoms with Gasteiger partial charge in [0.1, 0.15) is 0 Å². The molecule has 1 N–H and O–H groups in total. The van der Waals surface area contributed by atoms with E-state index in [1.54, 1.807) is 11.3 Å². The van der Waals surface area contributed by atoms with Gasteiger partial charge in [-0.3, -0.25) is 0 Å². The van der Waals surface area contributed by atoms with Gasteiger partial charge in [0.15, 0.2) is 0 Å². The average molecular weight is 317 g/mol. The third-order valence-electron chi connectivity index (χ3n) is 4.55. The molecule has 0 aliphatic carbocycles. The highest BCUT2D eigenvalue weighted by atomic mass is 32.1. The van der Waals surface area contributed by atoms with Gasteiger partial charge in [0.2, 0.25) is 0 Å². The number of thiophene rings is 1. The zero-order valence-corrected chi connectivity index (χ0v) is 14.8. The zero-order chi connectivity index (χ0) is 15.5. The van der Waals surface area contributed by atoms with Gasteiger partial charge in [-0.05, 0) is 33.8 Å². The molecule has 0 bridgehead atoms. The molecule has 21 heavy (non-hydrogen) atoms. The first-order valence-electron chi connectivity index (χ1n) is 7.36. The molecule has 0 aliphatic rings. The fraction of sp³-hybridized carbons (Fsp3) is 0.333. The summed E-state index contributed by atoms with van der Waals surface area (Å²) in [6, 6.07) is 12.7. The minimum absolute atomic E-state index is 0.166. The van der Waals surface area contributed by atoms with Crippen LogP contribution in [-0.2, 0) is 0 Å². The number of aliphatic hydroxyl groups is 1. The van der Waals surface area contributed by atoms with Crippen molar-refractivity contribution in [1.29, 1.82) is 0 Å². The largest absolute Gasteiger partial charge is 0.388 e. The quantitative estimate of drug-likeness (QED) is 0.610. The molecule has 0 fully saturated rings. The van der Waals surface area contributed by atoms with Crippen molar-refractivity contribution < 1.29 is 5.11 Å². The topological polar surface area (TPSA) is 20.2 Å². The van der Waals surface area contributed by atoms with E-state index in [0.717, 1.165) is 5.56 Å². The smallest absolute Gasteiger partial charge is 0.0877 e. The molecule has 1 aromatic heterocycles. The molecule has 0 spiro atoms. The minimum atomic E-state index is -1.72. The first kappa shape index (κ1) is 16.2. The van der Waals surface area contributed by atoms with Crippen LogP contribution in [0.4, 0.5) is 0 Å². The minimum Gasteiger partial charge on any atom is -0.388 e. The van der Waals surface area contributed by atoms with Crippen LogP contribution >= 0.6 is 11.3 Å². The average Bonchev–Trinajstić information content (AvgIpc) is 3.02. The van der Waals surface area contributed by atoms with Crippen LogP contribution < -0.4 is 5.19 Å². The summed E-state index contributed by atoms with van der Waals surface area (Å²) >= 11 is 1.63. The van der Waals surface area contributed by atoms with Crippen molar-refractivity contribution in [3.05, 3.63) is 65.4 Å². The van der Waals surface area contributed by atoms with Gasteiger partial charge >= 0.3 is 0 Å². The third-order valence-corrected chi connectivity index (χ3v) is 9.51. The molecule has 0 radical (unpaired) electrons. The van der Waals surface area contributed by atoms with E-state index in [4.69, 9.17) is 0 Å². The number of hydrogen-bond donors (Lipinski definition) is 1. The van der Waals surface area contributed by atoms with Gasteiger partial charge in [-0.1, -0.05) is 61.6 Å². The molecule has 1 aromatic carbocycles. The Morgan fingerprint density at radius 3 is 2.38 bits per heavy atom. The van der Waals surface area contributed by atoms with E-state index in [1.807, 2.05) is 16.8 Å². The Kier molecular flexibility index (Phi) is 5.20. The third kappa shape index (κ3) is 3.36. The highest BCUT2D eigenvalue weighted by molar-refractivity contribution is 7.08. The lowest BCUT2D eigenvalue weighted by Gasteiger charge is -2.37. The predicted octanol–water partition coefficient (Wildman–Crippen LogP) is 4.59. The summed E-state index contributed by atoms with van der Waals surface area (Å²) in [6.07, 6.45) is 1.63. The summed E-state index contributed by atoms with van der Waals surface area (Å²) in [5, 5.41) is 16.1. The Morgan fingerprint density at radius 1 is 1.19 bits per heavy atom. The van der Waals surface area contributed by atoms with E-state index in [0.29, 0.717) is 5.54 Å². The Balaban J connectivity index is 2.28. The second-order valence-corrected chi connectivity index (χ2v) is 11.7. The second kappa shape index (κ2) is 6.73. The maximum atomic E-state index is 10.7. The number of rotatable bonds is 6. The van der Waals surface area contributed by atoms with Crippen molar-refractivity contribution >= 4 is 24.6 Å². The molecule has 0 amide bonds. The second-order valence-electron chi connectivity index (χ2n) is 6.21. The maximum absolute atomic E-state index is 10.7. The van der Waals surface area contributed by atoms with Gasteiger partial charge in [0, 0.05) is 0 Å². The van der Waals surface area contributed by atoms with Crippen molar-refractivity contribution in [2.75, 3.05) is 0 Å². The van der Waals surface area contributed by atoms with Gasteiger partial charge in [-0.2, -0.15) is 11.3 Å². The summed E-state index contributed by atoms with van der Waals surface area (Å²) in [4.78, 5) is 0. The molecular weight excluding hydrogens is 292 g/mol. The lowest BCUT2D eigenvalue weighted by Crippen LogP contribution is -2.48. The first-order valence-corrected chi connectivity index (χ1v) is 11.4. The molecule has 0 saturated heterocycles. The van der Waals surface area contributed by atoms with Crippen LogP contribution in [0, 0.1) is 5.92 Å². The standard InChI is InChI=1S/C18H24OSSi/c1-5-17(14(2)18(19)15-11-12-20-13-15)21(3,4)16-9-7-6-8-10-16/h5-14,17-19H,1H2,2-4H3. The van der Waals surface area contributed by atoms with Gasteiger partial charge in [-0.25, -0.2) is 0 Å². The highest BCUT2D eigenvalue weighted by Gasteiger charge is 2.38. The van der Waals surface area contributed by atoms with E-state index >= 15 is 0 Å². The van der Waals surface area contributed by atoms with Crippen LogP contribution in [-0.4, -0.2) is 13.2 Å². The maximum Gasteiger partial charge on any atom is 0.0877 e. The summed E-state index contributed by atoms with van der Waals surface area (Å²) in [5.74, 6) is 0.166. The Labute approximate surface area is 133 Å². The van der Waals surface area contributed by atoms with Crippen molar-refractivity contribution in [2.24, 2.45) is 5.92 Å². The van der Waals surface area contributed by atoms with Crippen molar-refractivity contribution in [3.8, 4) is 0 Å². The monoisotopic (exact) mass is 316 g/mol. The van der Waals surface area contributed by atoms with Gasteiger partial charge in [0.05, 0.1) is 14.2 Å². The number of benzene rings is 1. The van der Waals surface area contributed by atoms with E-state index in [2.05, 4.69) is 63.0 Å². The van der Waals surface area contributed by atoms with E-state index < -0.39 is 14.2 Å². The van der Waals surface area contributed by atoms with E-state index in [1.165, 1.54) is 5.19 Å². The molecule has 0 saturated carbocycles. The molecule has 2 rings (SSSR count). The zero-order valence-electron chi connectivity index (χ0n) is 13.0. The van der Waals surface area contributed by atoms with Crippen LogP contribution in [0.1, 0.15) is 18.6 Å². The first-order chi connectivity index (χ1) is 9.98. The molecule has 1 heterocycles. The fourth-order valence-electron chi connectivity index (χ4n) is 3.17. The molecule has 112 valence electrons.